The Bertz CT molecular complexity index is 414. The van der Waals surface area contributed by atoms with E-state index in [1.54, 1.807) is 6.20 Å². The molecule has 0 spiro atoms. The third-order valence-electron chi connectivity index (χ3n) is 3.75. The Morgan fingerprint density at radius 3 is 2.76 bits per heavy atom. The standard InChI is InChI=1S/C13H21BrN2O/c1-4-16-11(10(14)8-15-16)13(17)7-5-6-12(2,3)9-13/h8,17H,4-7,9H2,1-3H3. The lowest BCUT2D eigenvalue weighted by atomic mass is 9.68. The van der Waals surface area contributed by atoms with E-state index in [4.69, 9.17) is 0 Å². The molecular weight excluding hydrogens is 280 g/mol. The van der Waals surface area contributed by atoms with Crippen molar-refractivity contribution >= 4 is 15.9 Å². The third-order valence-corrected chi connectivity index (χ3v) is 4.33. The van der Waals surface area contributed by atoms with E-state index in [1.807, 2.05) is 4.68 Å². The Balaban J connectivity index is 2.40. The highest BCUT2D eigenvalue weighted by molar-refractivity contribution is 9.10. The van der Waals surface area contributed by atoms with Gasteiger partial charge < -0.3 is 5.11 Å². The number of aliphatic hydroxyl groups is 1. The average molecular weight is 301 g/mol. The quantitative estimate of drug-likeness (QED) is 0.908. The molecular formula is C13H21BrN2O. The summed E-state index contributed by atoms with van der Waals surface area (Å²) in [5.74, 6) is 0. The van der Waals surface area contributed by atoms with Crippen LogP contribution in [0.3, 0.4) is 0 Å². The maximum absolute atomic E-state index is 11.0. The van der Waals surface area contributed by atoms with Gasteiger partial charge in [-0.2, -0.15) is 5.10 Å². The Kier molecular flexibility index (Phi) is 3.38. The first-order valence-electron chi connectivity index (χ1n) is 6.32. The summed E-state index contributed by atoms with van der Waals surface area (Å²) in [6.07, 6.45) is 5.70. The van der Waals surface area contributed by atoms with E-state index in [2.05, 4.69) is 41.8 Å². The lowest BCUT2D eigenvalue weighted by Gasteiger charge is -2.41. The third kappa shape index (κ3) is 2.43. The van der Waals surface area contributed by atoms with Gasteiger partial charge in [-0.3, -0.25) is 4.68 Å². The van der Waals surface area contributed by atoms with Gasteiger partial charge in [0.15, 0.2) is 0 Å². The van der Waals surface area contributed by atoms with Crippen LogP contribution in [0.4, 0.5) is 0 Å². The Morgan fingerprint density at radius 1 is 1.47 bits per heavy atom. The van der Waals surface area contributed by atoms with E-state index in [9.17, 15) is 5.11 Å². The van der Waals surface area contributed by atoms with Crippen molar-refractivity contribution in [3.63, 3.8) is 0 Å². The first kappa shape index (κ1) is 13.1. The zero-order valence-corrected chi connectivity index (χ0v) is 12.4. The van der Waals surface area contributed by atoms with Crippen LogP contribution in [0.15, 0.2) is 10.7 Å². The fourth-order valence-electron chi connectivity index (χ4n) is 3.09. The van der Waals surface area contributed by atoms with Crippen LogP contribution in [0.1, 0.15) is 52.1 Å². The summed E-state index contributed by atoms with van der Waals surface area (Å²) in [6.45, 7) is 7.32. The second-order valence-corrected chi connectivity index (χ2v) is 6.74. The minimum atomic E-state index is -0.729. The highest BCUT2D eigenvalue weighted by Crippen LogP contribution is 2.47. The summed E-state index contributed by atoms with van der Waals surface area (Å²) in [5.41, 5.74) is 0.426. The minimum Gasteiger partial charge on any atom is -0.384 e. The van der Waals surface area contributed by atoms with E-state index in [0.717, 1.165) is 36.0 Å². The molecule has 1 unspecified atom stereocenters. The van der Waals surface area contributed by atoms with Crippen LogP contribution < -0.4 is 0 Å². The van der Waals surface area contributed by atoms with Crippen molar-refractivity contribution in [2.75, 3.05) is 0 Å². The molecule has 0 aliphatic heterocycles. The number of aromatic nitrogens is 2. The molecule has 3 nitrogen and oxygen atoms in total. The van der Waals surface area contributed by atoms with Crippen molar-refractivity contribution in [1.29, 1.82) is 0 Å². The number of nitrogens with zero attached hydrogens (tertiary/aromatic N) is 2. The number of aryl methyl sites for hydroxylation is 1. The summed E-state index contributed by atoms with van der Waals surface area (Å²) in [7, 11) is 0. The molecule has 17 heavy (non-hydrogen) atoms. The van der Waals surface area contributed by atoms with Gasteiger partial charge in [0.05, 0.1) is 16.4 Å². The van der Waals surface area contributed by atoms with Crippen molar-refractivity contribution in [2.24, 2.45) is 5.41 Å². The van der Waals surface area contributed by atoms with E-state index in [0.29, 0.717) is 0 Å². The molecule has 1 saturated carbocycles. The van der Waals surface area contributed by atoms with Crippen LogP contribution in [-0.2, 0) is 12.1 Å². The maximum atomic E-state index is 11.0. The summed E-state index contributed by atoms with van der Waals surface area (Å²) in [4.78, 5) is 0. The van der Waals surface area contributed by atoms with Gasteiger partial charge in [0.2, 0.25) is 0 Å². The van der Waals surface area contributed by atoms with E-state index >= 15 is 0 Å². The number of hydrogen-bond donors (Lipinski definition) is 1. The summed E-state index contributed by atoms with van der Waals surface area (Å²) < 4.78 is 2.84. The molecule has 1 aromatic heterocycles. The predicted molar refractivity (Wildman–Crippen MR) is 71.7 cm³/mol. The number of halogens is 1. The van der Waals surface area contributed by atoms with Gasteiger partial charge in [-0.05, 0) is 54.0 Å². The highest BCUT2D eigenvalue weighted by Gasteiger charge is 2.42. The molecule has 96 valence electrons. The fourth-order valence-corrected chi connectivity index (χ4v) is 3.76. The summed E-state index contributed by atoms with van der Waals surface area (Å²) >= 11 is 3.52. The van der Waals surface area contributed by atoms with Crippen LogP contribution >= 0.6 is 15.9 Å². The van der Waals surface area contributed by atoms with Crippen molar-refractivity contribution in [1.82, 2.24) is 9.78 Å². The van der Waals surface area contributed by atoms with E-state index in [1.165, 1.54) is 6.42 Å². The smallest absolute Gasteiger partial charge is 0.108 e. The summed E-state index contributed by atoms with van der Waals surface area (Å²) in [6, 6.07) is 0. The van der Waals surface area contributed by atoms with E-state index < -0.39 is 5.60 Å². The number of rotatable bonds is 2. The molecule has 2 rings (SSSR count). The zero-order chi connectivity index (χ0) is 12.7. The molecule has 0 amide bonds. The second kappa shape index (κ2) is 4.39. The van der Waals surface area contributed by atoms with Crippen LogP contribution in [0.2, 0.25) is 0 Å². The van der Waals surface area contributed by atoms with Crippen molar-refractivity contribution in [3.8, 4) is 0 Å². The second-order valence-electron chi connectivity index (χ2n) is 5.88. The van der Waals surface area contributed by atoms with Gasteiger partial charge in [0, 0.05) is 6.54 Å². The van der Waals surface area contributed by atoms with Crippen molar-refractivity contribution < 1.29 is 5.11 Å². The molecule has 1 atom stereocenters. The van der Waals surface area contributed by atoms with Gasteiger partial charge in [-0.1, -0.05) is 13.8 Å². The molecule has 0 bridgehead atoms. The Hall–Kier alpha value is -0.350. The Morgan fingerprint density at radius 2 is 2.18 bits per heavy atom. The lowest BCUT2D eigenvalue weighted by Crippen LogP contribution is -2.38. The molecule has 0 aromatic carbocycles. The lowest BCUT2D eigenvalue weighted by molar-refractivity contribution is -0.0510. The SMILES string of the molecule is CCn1ncc(Br)c1C1(O)CCCC(C)(C)C1. The van der Waals surface area contributed by atoms with Gasteiger partial charge >= 0.3 is 0 Å². The molecule has 4 heteroatoms. The first-order valence-corrected chi connectivity index (χ1v) is 7.11. The van der Waals surface area contributed by atoms with Gasteiger partial charge in [-0.25, -0.2) is 0 Å². The molecule has 1 aliphatic rings. The summed E-state index contributed by atoms with van der Waals surface area (Å²) in [5, 5.41) is 15.3. The monoisotopic (exact) mass is 300 g/mol. The molecule has 1 aromatic rings. The van der Waals surface area contributed by atoms with Crippen LogP contribution in [0.25, 0.3) is 0 Å². The average Bonchev–Trinajstić information content (AvgIpc) is 2.58. The normalized spacial score (nSPS) is 28.3. The van der Waals surface area contributed by atoms with E-state index in [-0.39, 0.29) is 5.41 Å². The fraction of sp³-hybridized carbons (Fsp3) is 0.769. The minimum absolute atomic E-state index is 0.204. The van der Waals surface area contributed by atoms with Crippen molar-refractivity contribution in [2.45, 2.75) is 58.6 Å². The van der Waals surface area contributed by atoms with Crippen LogP contribution in [-0.4, -0.2) is 14.9 Å². The molecule has 0 saturated heterocycles. The maximum Gasteiger partial charge on any atom is 0.108 e. The molecule has 1 fully saturated rings. The number of hydrogen-bond acceptors (Lipinski definition) is 2. The van der Waals surface area contributed by atoms with Crippen molar-refractivity contribution in [3.05, 3.63) is 16.4 Å². The predicted octanol–water partition coefficient (Wildman–Crippen LogP) is 3.45. The Labute approximate surface area is 111 Å². The molecule has 1 N–H and O–H groups in total. The highest BCUT2D eigenvalue weighted by atomic mass is 79.9. The van der Waals surface area contributed by atoms with Crippen LogP contribution in [0.5, 0.6) is 0 Å². The van der Waals surface area contributed by atoms with Gasteiger partial charge in [0.1, 0.15) is 5.60 Å². The zero-order valence-electron chi connectivity index (χ0n) is 10.8. The largest absolute Gasteiger partial charge is 0.384 e. The topological polar surface area (TPSA) is 38.0 Å². The first-order chi connectivity index (χ1) is 7.88. The van der Waals surface area contributed by atoms with Gasteiger partial charge in [0.25, 0.3) is 0 Å². The van der Waals surface area contributed by atoms with Gasteiger partial charge in [-0.15, -0.1) is 0 Å². The molecule has 1 aliphatic carbocycles. The molecule has 0 radical (unpaired) electrons. The molecule has 1 heterocycles. The van der Waals surface area contributed by atoms with Crippen LogP contribution in [0, 0.1) is 5.41 Å².